The van der Waals surface area contributed by atoms with Gasteiger partial charge in [-0.15, -0.1) is 0 Å². The molecule has 5 heteroatoms. The van der Waals surface area contributed by atoms with Crippen LogP contribution in [0.4, 0.5) is 11.4 Å². The molecule has 138 valence electrons. The molecule has 0 aromatic heterocycles. The maximum atomic E-state index is 12.8. The number of amides is 1. The fourth-order valence-electron chi connectivity index (χ4n) is 3.52. The topological polar surface area (TPSA) is 37.2 Å². The van der Waals surface area contributed by atoms with E-state index in [1.165, 1.54) is 10.6 Å². The number of para-hydroxylation sites is 1. The zero-order valence-electron chi connectivity index (χ0n) is 15.8. The molecule has 0 radical (unpaired) electrons. The number of piperazine rings is 1. The van der Waals surface area contributed by atoms with Gasteiger partial charge >= 0.3 is 0 Å². The minimum atomic E-state index is -0.0433. The van der Waals surface area contributed by atoms with Gasteiger partial charge in [-0.1, -0.05) is 18.2 Å². The van der Waals surface area contributed by atoms with Crippen molar-refractivity contribution in [1.29, 1.82) is 0 Å². The summed E-state index contributed by atoms with van der Waals surface area (Å²) in [6.45, 7) is 5.87. The number of quaternary nitrogens is 1. The van der Waals surface area contributed by atoms with E-state index in [1.807, 2.05) is 56.4 Å². The molecule has 1 aliphatic rings. The molecule has 1 saturated heterocycles. The lowest BCUT2D eigenvalue weighted by molar-refractivity contribution is -0.914. The largest absolute Gasteiger partial charge is 0.497 e. The number of methoxy groups -OCH3 is 1. The number of carbonyl (C=O) groups excluding carboxylic acids is 1. The summed E-state index contributed by atoms with van der Waals surface area (Å²) in [6, 6.07) is 18.0. The van der Waals surface area contributed by atoms with E-state index in [2.05, 4.69) is 17.0 Å². The maximum Gasteiger partial charge on any atom is 0.284 e. The number of nitrogens with zero attached hydrogens (tertiary/aromatic N) is 2. The second-order valence-corrected chi connectivity index (χ2v) is 6.80. The molecule has 1 amide bonds. The van der Waals surface area contributed by atoms with Crippen molar-refractivity contribution in [1.82, 2.24) is 0 Å². The molecule has 1 heterocycles. The van der Waals surface area contributed by atoms with Crippen LogP contribution in [0.3, 0.4) is 0 Å². The minimum Gasteiger partial charge on any atom is -0.497 e. The molecular weight excluding hydrogens is 326 g/mol. The molecule has 1 aliphatic heterocycles. The summed E-state index contributed by atoms with van der Waals surface area (Å²) < 4.78 is 5.23. The molecule has 5 nitrogen and oxygen atoms in total. The van der Waals surface area contributed by atoms with Gasteiger partial charge in [0, 0.05) is 18.4 Å². The number of rotatable bonds is 5. The average Bonchev–Trinajstić information content (AvgIpc) is 2.73. The van der Waals surface area contributed by atoms with Gasteiger partial charge in [-0.2, -0.15) is 0 Å². The fourth-order valence-corrected chi connectivity index (χ4v) is 3.52. The standard InChI is InChI=1S/C21H27N3O2/c1-17(21(25)22(2)18-7-5-4-6-8-18)23-13-15-24(16-14-23)19-9-11-20(26-3)12-10-19/h4-12,17H,13-16H2,1-3H3/p+1/t17-/m0/s1. The van der Waals surface area contributed by atoms with Crippen LogP contribution < -0.4 is 19.4 Å². The average molecular weight is 354 g/mol. The van der Waals surface area contributed by atoms with Gasteiger partial charge in [0.1, 0.15) is 5.75 Å². The van der Waals surface area contributed by atoms with E-state index in [1.54, 1.807) is 12.0 Å². The first kappa shape index (κ1) is 18.3. The number of anilines is 2. The minimum absolute atomic E-state index is 0.0433. The number of hydrogen-bond acceptors (Lipinski definition) is 3. The van der Waals surface area contributed by atoms with Crippen molar-refractivity contribution in [3.63, 3.8) is 0 Å². The normalized spacial score (nSPS) is 16.2. The second-order valence-electron chi connectivity index (χ2n) is 6.80. The zero-order chi connectivity index (χ0) is 18.5. The number of ether oxygens (including phenoxy) is 1. The number of nitrogens with one attached hydrogen (secondary N) is 1. The molecular formula is C21H28N3O2+. The van der Waals surface area contributed by atoms with Crippen LogP contribution in [0.1, 0.15) is 6.92 Å². The Labute approximate surface area is 155 Å². The van der Waals surface area contributed by atoms with E-state index in [9.17, 15) is 4.79 Å². The van der Waals surface area contributed by atoms with E-state index in [0.717, 1.165) is 37.6 Å². The highest BCUT2D eigenvalue weighted by Crippen LogP contribution is 2.19. The molecule has 2 aromatic rings. The third-order valence-electron chi connectivity index (χ3n) is 5.30. The first-order valence-electron chi connectivity index (χ1n) is 9.16. The van der Waals surface area contributed by atoms with Gasteiger partial charge in [-0.05, 0) is 43.3 Å². The maximum absolute atomic E-state index is 12.8. The molecule has 26 heavy (non-hydrogen) atoms. The van der Waals surface area contributed by atoms with Crippen LogP contribution in [-0.4, -0.2) is 52.3 Å². The van der Waals surface area contributed by atoms with E-state index < -0.39 is 0 Å². The summed E-state index contributed by atoms with van der Waals surface area (Å²) >= 11 is 0. The Morgan fingerprint density at radius 3 is 2.27 bits per heavy atom. The molecule has 0 spiro atoms. The second kappa shape index (κ2) is 8.23. The van der Waals surface area contributed by atoms with Gasteiger partial charge < -0.3 is 19.4 Å². The lowest BCUT2D eigenvalue weighted by Gasteiger charge is -2.37. The Kier molecular flexibility index (Phi) is 5.78. The number of benzene rings is 2. The van der Waals surface area contributed by atoms with Crippen LogP contribution in [0.15, 0.2) is 54.6 Å². The van der Waals surface area contributed by atoms with Crippen molar-refractivity contribution in [3.05, 3.63) is 54.6 Å². The molecule has 0 bridgehead atoms. The van der Waals surface area contributed by atoms with Gasteiger partial charge in [-0.3, -0.25) is 4.79 Å². The van der Waals surface area contributed by atoms with E-state index in [4.69, 9.17) is 4.74 Å². The van der Waals surface area contributed by atoms with Crippen molar-refractivity contribution in [3.8, 4) is 5.75 Å². The first-order valence-corrected chi connectivity index (χ1v) is 9.16. The monoisotopic (exact) mass is 354 g/mol. The third-order valence-corrected chi connectivity index (χ3v) is 5.30. The molecule has 1 N–H and O–H groups in total. The highest BCUT2D eigenvalue weighted by Gasteiger charge is 2.31. The van der Waals surface area contributed by atoms with Crippen molar-refractivity contribution < 1.29 is 14.4 Å². The molecule has 0 saturated carbocycles. The smallest absolute Gasteiger partial charge is 0.284 e. The van der Waals surface area contributed by atoms with Gasteiger partial charge in [0.2, 0.25) is 0 Å². The SMILES string of the molecule is COc1ccc(N2CC[NH+]([C@@H](C)C(=O)N(C)c3ccccc3)CC2)cc1. The van der Waals surface area contributed by atoms with E-state index in [-0.39, 0.29) is 11.9 Å². The van der Waals surface area contributed by atoms with Gasteiger partial charge in [-0.25, -0.2) is 0 Å². The van der Waals surface area contributed by atoms with Gasteiger partial charge in [0.15, 0.2) is 6.04 Å². The number of carbonyl (C=O) groups is 1. The van der Waals surface area contributed by atoms with Gasteiger partial charge in [0.25, 0.3) is 5.91 Å². The summed E-state index contributed by atoms with van der Waals surface area (Å²) in [5.41, 5.74) is 2.16. The zero-order valence-corrected chi connectivity index (χ0v) is 15.8. The molecule has 0 aliphatic carbocycles. The third kappa shape index (κ3) is 3.99. The summed E-state index contributed by atoms with van der Waals surface area (Å²) in [4.78, 5) is 18.3. The first-order chi connectivity index (χ1) is 12.6. The molecule has 3 rings (SSSR count). The Morgan fingerprint density at radius 1 is 1.08 bits per heavy atom. The highest BCUT2D eigenvalue weighted by molar-refractivity contribution is 5.95. The molecule has 1 fully saturated rings. The summed E-state index contributed by atoms with van der Waals surface area (Å²) in [6.07, 6.45) is 0. The number of hydrogen-bond donors (Lipinski definition) is 1. The predicted molar refractivity (Wildman–Crippen MR) is 105 cm³/mol. The summed E-state index contributed by atoms with van der Waals surface area (Å²) in [5.74, 6) is 1.05. The van der Waals surface area contributed by atoms with Crippen LogP contribution in [0.5, 0.6) is 5.75 Å². The van der Waals surface area contributed by atoms with Crippen LogP contribution in [0, 0.1) is 0 Å². The van der Waals surface area contributed by atoms with Crippen molar-refractivity contribution in [2.24, 2.45) is 0 Å². The Balaban J connectivity index is 1.57. The Hall–Kier alpha value is -2.53. The number of likely N-dealkylation sites (N-methyl/N-ethyl adjacent to an activating group) is 1. The Bertz CT molecular complexity index is 710. The quantitative estimate of drug-likeness (QED) is 0.883. The van der Waals surface area contributed by atoms with E-state index >= 15 is 0 Å². The van der Waals surface area contributed by atoms with Crippen LogP contribution in [-0.2, 0) is 4.79 Å². The van der Waals surface area contributed by atoms with E-state index in [0.29, 0.717) is 0 Å². The lowest BCUT2D eigenvalue weighted by Crippen LogP contribution is -3.19. The summed E-state index contributed by atoms with van der Waals surface area (Å²) in [5, 5.41) is 0. The fraction of sp³-hybridized carbons (Fsp3) is 0.381. The highest BCUT2D eigenvalue weighted by atomic mass is 16.5. The molecule has 2 aromatic carbocycles. The van der Waals surface area contributed by atoms with Gasteiger partial charge in [0.05, 0.1) is 33.3 Å². The van der Waals surface area contributed by atoms with Crippen molar-refractivity contribution >= 4 is 17.3 Å². The van der Waals surface area contributed by atoms with Crippen LogP contribution in [0.2, 0.25) is 0 Å². The van der Waals surface area contributed by atoms with Crippen LogP contribution >= 0.6 is 0 Å². The predicted octanol–water partition coefficient (Wildman–Crippen LogP) is 1.45. The van der Waals surface area contributed by atoms with Crippen molar-refractivity contribution in [2.75, 3.05) is 50.1 Å². The van der Waals surface area contributed by atoms with Crippen LogP contribution in [0.25, 0.3) is 0 Å². The lowest BCUT2D eigenvalue weighted by atomic mass is 10.1. The molecule has 1 atom stereocenters. The molecule has 0 unspecified atom stereocenters. The van der Waals surface area contributed by atoms with Crippen molar-refractivity contribution in [2.45, 2.75) is 13.0 Å². The Morgan fingerprint density at radius 2 is 1.69 bits per heavy atom. The summed E-state index contributed by atoms with van der Waals surface area (Å²) in [7, 11) is 3.54.